The average Bonchev–Trinajstić information content (AvgIpc) is 3.45. The molecule has 1 aromatic heterocycles. The van der Waals surface area contributed by atoms with Crippen molar-refractivity contribution in [1.29, 1.82) is 0 Å². The van der Waals surface area contributed by atoms with Gasteiger partial charge in [0.2, 0.25) is 0 Å². The molecule has 2 N–H and O–H groups in total. The van der Waals surface area contributed by atoms with E-state index >= 15 is 0 Å². The lowest BCUT2D eigenvalue weighted by Gasteiger charge is -2.39. The van der Waals surface area contributed by atoms with E-state index in [0.717, 1.165) is 32.3 Å². The zero-order valence-electron chi connectivity index (χ0n) is 17.6. The molecule has 1 saturated carbocycles. The van der Waals surface area contributed by atoms with Crippen LogP contribution in [-0.4, -0.2) is 34.2 Å². The quantitative estimate of drug-likeness (QED) is 0.614. The van der Waals surface area contributed by atoms with Crippen molar-refractivity contribution in [2.24, 2.45) is 0 Å². The molecule has 31 heavy (non-hydrogen) atoms. The van der Waals surface area contributed by atoms with Crippen LogP contribution in [0.1, 0.15) is 41.8 Å². The third-order valence-corrected chi connectivity index (χ3v) is 7.70. The van der Waals surface area contributed by atoms with Crippen LogP contribution < -0.4 is 0 Å². The first-order valence-corrected chi connectivity index (χ1v) is 11.6. The highest BCUT2D eigenvalue weighted by Gasteiger charge is 2.47. The first-order valence-electron chi connectivity index (χ1n) is 10.8. The minimum atomic E-state index is -0.978. The second-order valence-corrected chi connectivity index (χ2v) is 9.56. The number of thiazole rings is 1. The van der Waals surface area contributed by atoms with E-state index in [9.17, 15) is 10.2 Å². The van der Waals surface area contributed by atoms with Gasteiger partial charge in [0.15, 0.2) is 5.79 Å². The Bertz CT molecular complexity index is 1040. The SMILES string of the molecule is Cc1ccc(-c2sc(C3(O)CCC4(CC3)OCCO4)nc2-c2ccc(CO)cc2)cc1. The maximum Gasteiger partial charge on any atom is 0.168 e. The molecule has 2 fully saturated rings. The number of aliphatic hydroxyl groups is 2. The van der Waals surface area contributed by atoms with Gasteiger partial charge in [0, 0.05) is 18.4 Å². The number of rotatable bonds is 4. The summed E-state index contributed by atoms with van der Waals surface area (Å²) in [4.78, 5) is 6.02. The summed E-state index contributed by atoms with van der Waals surface area (Å²) in [5.74, 6) is -0.522. The van der Waals surface area contributed by atoms with Crippen LogP contribution >= 0.6 is 11.3 Å². The van der Waals surface area contributed by atoms with Crippen molar-refractivity contribution < 1.29 is 19.7 Å². The van der Waals surface area contributed by atoms with Crippen LogP contribution in [0.3, 0.4) is 0 Å². The van der Waals surface area contributed by atoms with E-state index in [0.29, 0.717) is 38.9 Å². The van der Waals surface area contributed by atoms with Gasteiger partial charge in [-0.25, -0.2) is 4.98 Å². The van der Waals surface area contributed by atoms with Crippen molar-refractivity contribution >= 4 is 11.3 Å². The number of ether oxygens (including phenoxy) is 2. The smallest absolute Gasteiger partial charge is 0.168 e. The van der Waals surface area contributed by atoms with Gasteiger partial charge in [0.1, 0.15) is 10.6 Å². The van der Waals surface area contributed by atoms with Gasteiger partial charge in [-0.3, -0.25) is 0 Å². The van der Waals surface area contributed by atoms with Crippen LogP contribution in [0.5, 0.6) is 0 Å². The van der Waals surface area contributed by atoms with Crippen LogP contribution in [0.4, 0.5) is 0 Å². The van der Waals surface area contributed by atoms with Crippen LogP contribution in [0.25, 0.3) is 21.7 Å². The topological polar surface area (TPSA) is 71.8 Å². The molecule has 5 rings (SSSR count). The fraction of sp³-hybridized carbons (Fsp3) is 0.400. The standard InChI is InChI=1S/C25H27NO4S/c1-17-2-6-20(7-3-17)22-21(19-8-4-18(16-27)5-9-19)26-23(31-22)24(28)10-12-25(13-11-24)29-14-15-30-25/h2-9,27-28H,10-16H2,1H3. The Morgan fingerprint density at radius 2 is 1.52 bits per heavy atom. The van der Waals surface area contributed by atoms with Gasteiger partial charge in [0.25, 0.3) is 0 Å². The zero-order chi connectivity index (χ0) is 21.5. The number of hydrogen-bond acceptors (Lipinski definition) is 6. The molecule has 1 spiro atoms. The molecule has 0 radical (unpaired) electrons. The fourth-order valence-corrected chi connectivity index (χ4v) is 5.67. The summed E-state index contributed by atoms with van der Waals surface area (Å²) in [7, 11) is 0. The Hall–Kier alpha value is -2.09. The molecule has 0 atom stereocenters. The Kier molecular flexibility index (Phi) is 5.44. The Balaban J connectivity index is 1.53. The van der Waals surface area contributed by atoms with Crippen LogP contribution in [0.15, 0.2) is 48.5 Å². The van der Waals surface area contributed by atoms with Crippen molar-refractivity contribution in [2.45, 2.75) is 50.6 Å². The molecule has 2 heterocycles. The second kappa shape index (κ2) is 8.11. The summed E-state index contributed by atoms with van der Waals surface area (Å²) in [6.07, 6.45) is 2.47. The molecule has 2 aliphatic rings. The lowest BCUT2D eigenvalue weighted by atomic mass is 9.81. The molecule has 0 bridgehead atoms. The van der Waals surface area contributed by atoms with Crippen LogP contribution in [-0.2, 0) is 21.7 Å². The second-order valence-electron chi connectivity index (χ2n) is 8.56. The summed E-state index contributed by atoms with van der Waals surface area (Å²) in [6.45, 7) is 3.34. The monoisotopic (exact) mass is 437 g/mol. The summed E-state index contributed by atoms with van der Waals surface area (Å²) >= 11 is 1.57. The van der Waals surface area contributed by atoms with E-state index in [2.05, 4.69) is 31.2 Å². The van der Waals surface area contributed by atoms with Crippen LogP contribution in [0.2, 0.25) is 0 Å². The van der Waals surface area contributed by atoms with Gasteiger partial charge in [-0.05, 0) is 30.9 Å². The molecule has 0 amide bonds. The molecular weight excluding hydrogens is 410 g/mol. The van der Waals surface area contributed by atoms with Crippen molar-refractivity contribution in [2.75, 3.05) is 13.2 Å². The molecule has 5 nitrogen and oxygen atoms in total. The van der Waals surface area contributed by atoms with Crippen molar-refractivity contribution in [3.63, 3.8) is 0 Å². The van der Waals surface area contributed by atoms with Gasteiger partial charge in [-0.15, -0.1) is 11.3 Å². The lowest BCUT2D eigenvalue weighted by molar-refractivity contribution is -0.204. The fourth-order valence-electron chi connectivity index (χ4n) is 4.43. The molecule has 2 aromatic carbocycles. The highest BCUT2D eigenvalue weighted by molar-refractivity contribution is 7.15. The third-order valence-electron chi connectivity index (χ3n) is 6.40. The summed E-state index contributed by atoms with van der Waals surface area (Å²) < 4.78 is 11.7. The average molecular weight is 438 g/mol. The summed E-state index contributed by atoms with van der Waals surface area (Å²) in [5.41, 5.74) is 4.03. The zero-order valence-corrected chi connectivity index (χ0v) is 18.5. The number of hydrogen-bond donors (Lipinski definition) is 2. The third kappa shape index (κ3) is 3.95. The number of benzene rings is 2. The van der Waals surface area contributed by atoms with Crippen LogP contribution in [0, 0.1) is 6.92 Å². The largest absolute Gasteiger partial charge is 0.392 e. The minimum Gasteiger partial charge on any atom is -0.392 e. The van der Waals surface area contributed by atoms with Crippen molar-refractivity contribution in [3.05, 3.63) is 64.7 Å². The van der Waals surface area contributed by atoms with E-state index in [1.165, 1.54) is 5.56 Å². The highest BCUT2D eigenvalue weighted by Crippen LogP contribution is 2.48. The highest BCUT2D eigenvalue weighted by atomic mass is 32.1. The molecular formula is C25H27NO4S. The molecule has 162 valence electrons. The van der Waals surface area contributed by atoms with E-state index < -0.39 is 11.4 Å². The van der Waals surface area contributed by atoms with E-state index in [1.807, 2.05) is 24.3 Å². The number of nitrogens with zero attached hydrogens (tertiary/aromatic N) is 1. The predicted octanol–water partition coefficient (Wildman–Crippen LogP) is 4.78. The van der Waals surface area contributed by atoms with Crippen molar-refractivity contribution in [1.82, 2.24) is 4.98 Å². The molecule has 6 heteroatoms. The first kappa shape index (κ1) is 20.8. The molecule has 1 aliphatic heterocycles. The number of aryl methyl sites for hydroxylation is 1. The molecule has 1 aliphatic carbocycles. The lowest BCUT2D eigenvalue weighted by Crippen LogP contribution is -2.42. The summed E-state index contributed by atoms with van der Waals surface area (Å²) in [6, 6.07) is 16.2. The van der Waals surface area contributed by atoms with Gasteiger partial charge < -0.3 is 19.7 Å². The van der Waals surface area contributed by atoms with Gasteiger partial charge >= 0.3 is 0 Å². The predicted molar refractivity (Wildman–Crippen MR) is 121 cm³/mol. The normalized spacial score (nSPS) is 19.7. The van der Waals surface area contributed by atoms with E-state index in [1.54, 1.807) is 11.3 Å². The Morgan fingerprint density at radius 1 is 0.903 bits per heavy atom. The minimum absolute atomic E-state index is 0.0130. The summed E-state index contributed by atoms with van der Waals surface area (Å²) in [5, 5.41) is 21.7. The molecule has 1 saturated heterocycles. The Labute approximate surface area is 186 Å². The number of aromatic nitrogens is 1. The number of aliphatic hydroxyl groups excluding tert-OH is 1. The van der Waals surface area contributed by atoms with E-state index in [-0.39, 0.29) is 6.61 Å². The molecule has 0 unspecified atom stereocenters. The maximum absolute atomic E-state index is 11.5. The van der Waals surface area contributed by atoms with Gasteiger partial charge in [0.05, 0.1) is 30.4 Å². The van der Waals surface area contributed by atoms with Gasteiger partial charge in [-0.1, -0.05) is 54.1 Å². The first-order chi connectivity index (χ1) is 15.0. The maximum atomic E-state index is 11.5. The van der Waals surface area contributed by atoms with Crippen molar-refractivity contribution in [3.8, 4) is 21.7 Å². The molecule has 3 aromatic rings. The van der Waals surface area contributed by atoms with Gasteiger partial charge in [-0.2, -0.15) is 0 Å². The van der Waals surface area contributed by atoms with E-state index in [4.69, 9.17) is 14.5 Å². The Morgan fingerprint density at radius 3 is 2.13 bits per heavy atom.